The van der Waals surface area contributed by atoms with Crippen LogP contribution >= 0.6 is 0 Å². The quantitative estimate of drug-likeness (QED) is 0.494. The summed E-state index contributed by atoms with van der Waals surface area (Å²) in [6.45, 7) is 0.830. The third-order valence-corrected chi connectivity index (χ3v) is 6.47. The molecule has 4 rings (SSSR count). The molecule has 35 heavy (non-hydrogen) atoms. The Hall–Kier alpha value is -3.87. The van der Waals surface area contributed by atoms with Gasteiger partial charge in [0.1, 0.15) is 17.9 Å². The molecule has 1 unspecified atom stereocenters. The number of carbonyl (C=O) groups is 3. The second kappa shape index (κ2) is 8.73. The van der Waals surface area contributed by atoms with Crippen LogP contribution in [0.5, 0.6) is 0 Å². The fraction of sp³-hybridized carbons (Fsp3) is 0.320. The molecule has 1 atom stereocenters. The van der Waals surface area contributed by atoms with Crippen molar-refractivity contribution >= 4 is 23.4 Å². The Labute approximate surface area is 199 Å². The highest BCUT2D eigenvalue weighted by atomic mass is 19.4. The number of hydrogen-bond acceptors (Lipinski definition) is 3. The molecule has 10 heteroatoms. The maximum Gasteiger partial charge on any atom is 0.416 e. The van der Waals surface area contributed by atoms with Crippen molar-refractivity contribution in [1.29, 1.82) is 0 Å². The second-order valence-electron chi connectivity index (χ2n) is 8.60. The molecular weight excluding hydrogens is 466 g/mol. The highest BCUT2D eigenvalue weighted by Gasteiger charge is 2.56. The number of hydrogen-bond donors (Lipinski definition) is 0. The van der Waals surface area contributed by atoms with Gasteiger partial charge in [-0.3, -0.25) is 19.3 Å². The summed E-state index contributed by atoms with van der Waals surface area (Å²) in [5, 5.41) is 0. The van der Waals surface area contributed by atoms with Crippen LogP contribution in [0.4, 0.5) is 23.2 Å². The molecule has 0 aromatic heterocycles. The van der Waals surface area contributed by atoms with E-state index in [1.54, 1.807) is 0 Å². The maximum absolute atomic E-state index is 14.8. The number of amides is 3. The molecule has 2 heterocycles. The predicted octanol–water partition coefficient (Wildman–Crippen LogP) is 3.19. The first-order valence-corrected chi connectivity index (χ1v) is 10.8. The normalized spacial score (nSPS) is 20.5. The average Bonchev–Trinajstić information content (AvgIpc) is 3.26. The van der Waals surface area contributed by atoms with Gasteiger partial charge in [-0.25, -0.2) is 4.39 Å². The lowest BCUT2D eigenvalue weighted by Crippen LogP contribution is -2.69. The highest BCUT2D eigenvalue weighted by molar-refractivity contribution is 6.10. The molecule has 2 saturated heterocycles. The number of halogens is 4. The lowest BCUT2D eigenvalue weighted by atomic mass is 9.89. The van der Waals surface area contributed by atoms with Crippen LogP contribution < -0.4 is 4.90 Å². The van der Waals surface area contributed by atoms with Crippen molar-refractivity contribution in [2.24, 2.45) is 0 Å². The zero-order valence-electron chi connectivity index (χ0n) is 18.7. The minimum absolute atomic E-state index is 0.103. The summed E-state index contributed by atoms with van der Waals surface area (Å²) in [6, 6.07) is 8.17. The lowest BCUT2D eigenvalue weighted by molar-refractivity contribution is -0.151. The lowest BCUT2D eigenvalue weighted by Gasteiger charge is -2.47. The Kier molecular flexibility index (Phi) is 6.05. The third kappa shape index (κ3) is 4.34. The van der Waals surface area contributed by atoms with Crippen molar-refractivity contribution in [2.45, 2.75) is 31.6 Å². The van der Waals surface area contributed by atoms with E-state index in [1.165, 1.54) is 41.0 Å². The summed E-state index contributed by atoms with van der Waals surface area (Å²) in [7, 11) is 0. The van der Waals surface area contributed by atoms with Crippen LogP contribution in [0.25, 0.3) is 0 Å². The number of rotatable bonds is 3. The summed E-state index contributed by atoms with van der Waals surface area (Å²) in [5.74, 6) is 0.149. The number of carbonyl (C=O) groups excluding carboxylic acids is 3. The number of anilines is 1. The predicted molar refractivity (Wildman–Crippen MR) is 118 cm³/mol. The molecule has 0 radical (unpaired) electrons. The van der Waals surface area contributed by atoms with E-state index >= 15 is 0 Å². The van der Waals surface area contributed by atoms with E-state index in [0.29, 0.717) is 5.56 Å². The summed E-state index contributed by atoms with van der Waals surface area (Å²) >= 11 is 0. The number of likely N-dealkylation sites (tertiary alicyclic amines) is 1. The van der Waals surface area contributed by atoms with E-state index in [4.69, 9.17) is 6.42 Å². The minimum atomic E-state index is -4.51. The fourth-order valence-corrected chi connectivity index (χ4v) is 4.59. The number of alkyl halides is 3. The van der Waals surface area contributed by atoms with Gasteiger partial charge in [-0.2, -0.15) is 13.2 Å². The van der Waals surface area contributed by atoms with Crippen molar-refractivity contribution in [3.05, 3.63) is 65.0 Å². The van der Waals surface area contributed by atoms with Crippen LogP contribution in [-0.2, 0) is 27.1 Å². The number of piperazine rings is 1. The van der Waals surface area contributed by atoms with Gasteiger partial charge in [0.25, 0.3) is 5.91 Å². The first-order valence-electron chi connectivity index (χ1n) is 10.8. The van der Waals surface area contributed by atoms with Crippen LogP contribution in [0.1, 0.15) is 30.0 Å². The van der Waals surface area contributed by atoms with E-state index in [-0.39, 0.29) is 43.2 Å². The molecule has 1 spiro atoms. The molecule has 0 saturated carbocycles. The van der Waals surface area contributed by atoms with Gasteiger partial charge in [0, 0.05) is 25.6 Å². The van der Waals surface area contributed by atoms with Gasteiger partial charge in [-0.1, -0.05) is 18.1 Å². The molecule has 2 aliphatic heterocycles. The van der Waals surface area contributed by atoms with Crippen LogP contribution in [0.15, 0.2) is 42.5 Å². The van der Waals surface area contributed by atoms with Gasteiger partial charge in [0.15, 0.2) is 0 Å². The molecule has 0 bridgehead atoms. The van der Waals surface area contributed by atoms with Crippen LogP contribution in [-0.4, -0.2) is 52.7 Å². The first kappa shape index (κ1) is 24.3. The summed E-state index contributed by atoms with van der Waals surface area (Å²) in [5.41, 5.74) is -1.78. The van der Waals surface area contributed by atoms with E-state index in [2.05, 4.69) is 5.92 Å². The average molecular weight is 487 g/mol. The van der Waals surface area contributed by atoms with Gasteiger partial charge in [0.05, 0.1) is 17.8 Å². The van der Waals surface area contributed by atoms with Gasteiger partial charge < -0.3 is 9.80 Å². The monoisotopic (exact) mass is 487 g/mol. The molecule has 6 nitrogen and oxygen atoms in total. The minimum Gasteiger partial charge on any atom is -0.340 e. The Morgan fingerprint density at radius 3 is 2.37 bits per heavy atom. The fourth-order valence-electron chi connectivity index (χ4n) is 4.59. The van der Waals surface area contributed by atoms with Crippen molar-refractivity contribution in [1.82, 2.24) is 9.80 Å². The maximum atomic E-state index is 14.8. The molecule has 2 aliphatic rings. The van der Waals surface area contributed by atoms with Gasteiger partial charge >= 0.3 is 6.18 Å². The molecule has 0 N–H and O–H groups in total. The Morgan fingerprint density at radius 1 is 1.14 bits per heavy atom. The summed E-state index contributed by atoms with van der Waals surface area (Å²) < 4.78 is 53.6. The highest BCUT2D eigenvalue weighted by Crippen LogP contribution is 2.38. The molecular formula is C25H21F4N3O3. The SMILES string of the molecule is C#Cc1ccc(N2CC(=O)N(Cc3ccc(C(F)(F)F)cc3)C3(CCN(C(C)=O)C3)C2=O)c(F)c1. The largest absolute Gasteiger partial charge is 0.416 e. The number of benzene rings is 2. The smallest absolute Gasteiger partial charge is 0.340 e. The van der Waals surface area contributed by atoms with Crippen molar-refractivity contribution in [3.63, 3.8) is 0 Å². The van der Waals surface area contributed by atoms with E-state index in [0.717, 1.165) is 23.1 Å². The Balaban J connectivity index is 1.71. The van der Waals surface area contributed by atoms with Gasteiger partial charge in [-0.05, 0) is 42.3 Å². The van der Waals surface area contributed by atoms with E-state index in [9.17, 15) is 31.9 Å². The molecule has 2 aromatic carbocycles. The first-order chi connectivity index (χ1) is 16.5. The number of nitrogens with zero attached hydrogens (tertiary/aromatic N) is 3. The molecule has 0 aliphatic carbocycles. The Bertz CT molecular complexity index is 1240. The number of terminal acetylenes is 1. The summed E-state index contributed by atoms with van der Waals surface area (Å²) in [4.78, 5) is 42.9. The van der Waals surface area contributed by atoms with E-state index in [1.807, 2.05) is 0 Å². The van der Waals surface area contributed by atoms with Gasteiger partial charge in [-0.15, -0.1) is 6.42 Å². The standard InChI is InChI=1S/C25H21F4N3O3/c1-3-17-6-9-21(20(26)12-17)31-14-22(34)32(13-18-4-7-19(8-5-18)25(27,28)29)24(23(31)35)10-11-30(15-24)16(2)33/h1,4-9,12H,10-11,13-15H2,2H3. The molecule has 2 fully saturated rings. The van der Waals surface area contributed by atoms with E-state index < -0.39 is 41.5 Å². The molecule has 2 aromatic rings. The second-order valence-corrected chi connectivity index (χ2v) is 8.60. The third-order valence-electron chi connectivity index (χ3n) is 6.47. The van der Waals surface area contributed by atoms with Crippen molar-refractivity contribution < 1.29 is 31.9 Å². The van der Waals surface area contributed by atoms with Crippen LogP contribution in [0.3, 0.4) is 0 Å². The molecule has 182 valence electrons. The zero-order valence-corrected chi connectivity index (χ0v) is 18.7. The van der Waals surface area contributed by atoms with Crippen molar-refractivity contribution in [3.8, 4) is 12.3 Å². The van der Waals surface area contributed by atoms with Crippen LogP contribution in [0.2, 0.25) is 0 Å². The van der Waals surface area contributed by atoms with Gasteiger partial charge in [0.2, 0.25) is 11.8 Å². The van der Waals surface area contributed by atoms with Crippen LogP contribution in [0, 0.1) is 18.2 Å². The topological polar surface area (TPSA) is 60.9 Å². The zero-order chi connectivity index (χ0) is 25.5. The Morgan fingerprint density at radius 2 is 1.83 bits per heavy atom. The van der Waals surface area contributed by atoms with Crippen molar-refractivity contribution in [2.75, 3.05) is 24.5 Å². The summed E-state index contributed by atoms with van der Waals surface area (Å²) in [6.07, 6.45) is 0.901. The molecule has 3 amide bonds.